The molecule has 0 amide bonds. The summed E-state index contributed by atoms with van der Waals surface area (Å²) in [6.07, 6.45) is -0.910. The van der Waals surface area contributed by atoms with Gasteiger partial charge in [-0.1, -0.05) is 6.92 Å². The first kappa shape index (κ1) is 21.9. The van der Waals surface area contributed by atoms with Crippen molar-refractivity contribution in [3.8, 4) is 0 Å². The molecule has 0 radical (unpaired) electrons. The van der Waals surface area contributed by atoms with E-state index < -0.39 is 17.9 Å². The van der Waals surface area contributed by atoms with Crippen LogP contribution < -0.4 is 5.73 Å². The van der Waals surface area contributed by atoms with Gasteiger partial charge in [0.2, 0.25) is 0 Å². The average molecular weight is 257 g/mol. The minimum Gasteiger partial charge on any atom is -0.394 e. The summed E-state index contributed by atoms with van der Waals surface area (Å²) >= 11 is 0. The van der Waals surface area contributed by atoms with E-state index in [1.807, 2.05) is 6.92 Å². The summed E-state index contributed by atoms with van der Waals surface area (Å²) in [6, 6.07) is 0. The van der Waals surface area contributed by atoms with Crippen molar-refractivity contribution in [2.75, 3.05) is 19.8 Å². The molecule has 0 saturated heterocycles. The fraction of sp³-hybridized carbons (Fsp3) is 1.00. The lowest BCUT2D eigenvalue weighted by Crippen LogP contribution is -2.34. The van der Waals surface area contributed by atoms with Crippen LogP contribution in [-0.4, -0.2) is 68.4 Å². The molecular formula is C10H27NO6. The highest BCUT2D eigenvalue weighted by Crippen LogP contribution is 1.94. The smallest absolute Gasteiger partial charge is 0.110 e. The van der Waals surface area contributed by atoms with Gasteiger partial charge in [-0.2, -0.15) is 0 Å². The number of hydrogen-bond donors (Lipinski definition) is 7. The Hall–Kier alpha value is -0.280. The van der Waals surface area contributed by atoms with Crippen LogP contribution in [0.1, 0.15) is 27.2 Å². The molecule has 2 atom stereocenters. The highest BCUT2D eigenvalue weighted by atomic mass is 16.3. The summed E-state index contributed by atoms with van der Waals surface area (Å²) in [5.41, 5.74) is 4.13. The molecule has 0 rings (SSSR count). The lowest BCUT2D eigenvalue weighted by Gasteiger charge is -2.11. The maximum atomic E-state index is 8.60. The van der Waals surface area contributed by atoms with E-state index in [1.54, 1.807) is 6.92 Å². The van der Waals surface area contributed by atoms with Gasteiger partial charge >= 0.3 is 0 Å². The van der Waals surface area contributed by atoms with Crippen molar-refractivity contribution in [1.82, 2.24) is 0 Å². The zero-order chi connectivity index (χ0) is 14.5. The van der Waals surface area contributed by atoms with Crippen LogP contribution in [0.5, 0.6) is 0 Å². The highest BCUT2D eigenvalue weighted by molar-refractivity contribution is 4.56. The van der Waals surface area contributed by atoms with Gasteiger partial charge in [-0.3, -0.25) is 0 Å². The molecule has 0 aromatic carbocycles. The standard InChI is InChI=1S/C4H11NO.C3H8O3.C3H8O2/c1-3-4(2,5)6;4-1-3(6)2-5;1-3(5)2-4/h6H,3,5H2,1-2H3;3-6H,1-2H2;3-5H,2H2,1H3. The second kappa shape index (κ2) is 13.8. The molecular weight excluding hydrogens is 230 g/mol. The first-order chi connectivity index (χ1) is 7.64. The lowest BCUT2D eigenvalue weighted by atomic mass is 10.2. The summed E-state index contributed by atoms with van der Waals surface area (Å²) in [6.45, 7) is 4.07. The number of aliphatic hydroxyl groups is 6. The molecule has 0 aliphatic heterocycles. The number of nitrogens with two attached hydrogens (primary N) is 1. The fourth-order valence-corrected chi connectivity index (χ4v) is 0.0577. The van der Waals surface area contributed by atoms with Crippen LogP contribution in [0.3, 0.4) is 0 Å². The molecule has 0 saturated carbocycles. The number of aliphatic hydroxyl groups excluding tert-OH is 5. The van der Waals surface area contributed by atoms with E-state index in [9.17, 15) is 0 Å². The van der Waals surface area contributed by atoms with Gasteiger partial charge in [0.15, 0.2) is 0 Å². The third kappa shape index (κ3) is 38.9. The van der Waals surface area contributed by atoms with Crippen molar-refractivity contribution in [3.63, 3.8) is 0 Å². The molecule has 0 aliphatic rings. The van der Waals surface area contributed by atoms with Gasteiger partial charge in [-0.25, -0.2) is 0 Å². The van der Waals surface area contributed by atoms with Crippen molar-refractivity contribution in [2.24, 2.45) is 5.73 Å². The van der Waals surface area contributed by atoms with E-state index >= 15 is 0 Å². The monoisotopic (exact) mass is 257 g/mol. The maximum absolute atomic E-state index is 8.60. The average Bonchev–Trinajstić information content (AvgIpc) is 2.28. The van der Waals surface area contributed by atoms with Crippen LogP contribution >= 0.6 is 0 Å². The van der Waals surface area contributed by atoms with Gasteiger partial charge in [0.25, 0.3) is 0 Å². The number of hydrogen-bond acceptors (Lipinski definition) is 7. The minimum absolute atomic E-state index is 0.139. The first-order valence-electron chi connectivity index (χ1n) is 5.34. The van der Waals surface area contributed by atoms with E-state index in [2.05, 4.69) is 0 Å². The van der Waals surface area contributed by atoms with Crippen molar-refractivity contribution in [2.45, 2.75) is 45.1 Å². The molecule has 0 aromatic heterocycles. The molecule has 7 heteroatoms. The van der Waals surface area contributed by atoms with E-state index in [-0.39, 0.29) is 19.8 Å². The van der Waals surface area contributed by atoms with Crippen LogP contribution in [-0.2, 0) is 0 Å². The molecule has 8 N–H and O–H groups in total. The Labute approximate surface area is 102 Å². The van der Waals surface area contributed by atoms with E-state index in [1.165, 1.54) is 6.92 Å². The van der Waals surface area contributed by atoms with Gasteiger partial charge < -0.3 is 36.4 Å². The summed E-state index contributed by atoms with van der Waals surface area (Å²) in [7, 11) is 0. The second-order valence-corrected chi connectivity index (χ2v) is 3.76. The third-order valence-corrected chi connectivity index (χ3v) is 1.40. The molecule has 0 heterocycles. The maximum Gasteiger partial charge on any atom is 0.110 e. The summed E-state index contributed by atoms with van der Waals surface area (Å²) in [4.78, 5) is 0. The van der Waals surface area contributed by atoms with Crippen molar-refractivity contribution < 1.29 is 30.6 Å². The predicted molar refractivity (Wildman–Crippen MR) is 64.0 cm³/mol. The Bertz CT molecular complexity index is 133. The predicted octanol–water partition coefficient (Wildman–Crippen LogP) is -2.24. The molecule has 7 nitrogen and oxygen atoms in total. The third-order valence-electron chi connectivity index (χ3n) is 1.40. The molecule has 0 bridgehead atoms. The summed E-state index contributed by atoms with van der Waals surface area (Å²) < 4.78 is 0. The fourth-order valence-electron chi connectivity index (χ4n) is 0.0577. The van der Waals surface area contributed by atoms with E-state index in [4.69, 9.17) is 36.4 Å². The van der Waals surface area contributed by atoms with Gasteiger partial charge in [0, 0.05) is 0 Å². The van der Waals surface area contributed by atoms with Crippen LogP contribution in [0.25, 0.3) is 0 Å². The zero-order valence-electron chi connectivity index (χ0n) is 10.7. The number of rotatable bonds is 4. The van der Waals surface area contributed by atoms with Gasteiger partial charge in [-0.05, 0) is 20.3 Å². The minimum atomic E-state index is -0.958. The molecule has 2 unspecified atom stereocenters. The largest absolute Gasteiger partial charge is 0.394 e. The molecule has 108 valence electrons. The van der Waals surface area contributed by atoms with Crippen molar-refractivity contribution >= 4 is 0 Å². The summed E-state index contributed by atoms with van der Waals surface area (Å²) in [5, 5.41) is 48.6. The quantitative estimate of drug-likeness (QED) is 0.281. The van der Waals surface area contributed by atoms with Crippen molar-refractivity contribution in [3.05, 3.63) is 0 Å². The Kier molecular flexibility index (Phi) is 17.8. The lowest BCUT2D eigenvalue weighted by molar-refractivity contribution is 0.0450. The molecule has 0 fully saturated rings. The first-order valence-corrected chi connectivity index (χ1v) is 5.34. The van der Waals surface area contributed by atoms with Gasteiger partial charge in [-0.15, -0.1) is 0 Å². The van der Waals surface area contributed by atoms with Crippen molar-refractivity contribution in [1.29, 1.82) is 0 Å². The van der Waals surface area contributed by atoms with E-state index in [0.29, 0.717) is 6.42 Å². The van der Waals surface area contributed by atoms with Gasteiger partial charge in [0.05, 0.1) is 25.9 Å². The van der Waals surface area contributed by atoms with Gasteiger partial charge in [0.1, 0.15) is 11.8 Å². The topological polar surface area (TPSA) is 147 Å². The summed E-state index contributed by atoms with van der Waals surface area (Å²) in [5.74, 6) is 0. The van der Waals surface area contributed by atoms with Crippen LogP contribution in [0.4, 0.5) is 0 Å². The Morgan fingerprint density at radius 2 is 1.29 bits per heavy atom. The normalized spacial score (nSPS) is 15.0. The zero-order valence-corrected chi connectivity index (χ0v) is 10.7. The highest BCUT2D eigenvalue weighted by Gasteiger charge is 2.06. The Morgan fingerprint density at radius 3 is 1.29 bits per heavy atom. The molecule has 0 aromatic rings. The van der Waals surface area contributed by atoms with Crippen LogP contribution in [0.2, 0.25) is 0 Å². The van der Waals surface area contributed by atoms with Crippen LogP contribution in [0, 0.1) is 0 Å². The SMILES string of the molecule is CC(O)CO.CCC(C)(N)O.OCC(O)CO. The molecule has 0 aliphatic carbocycles. The molecule has 17 heavy (non-hydrogen) atoms. The second-order valence-electron chi connectivity index (χ2n) is 3.76. The molecule has 0 spiro atoms. The van der Waals surface area contributed by atoms with E-state index in [0.717, 1.165) is 0 Å². The van der Waals surface area contributed by atoms with Crippen LogP contribution in [0.15, 0.2) is 0 Å². The Morgan fingerprint density at radius 1 is 1.06 bits per heavy atom. The Balaban J connectivity index is -0.000000174.